The zero-order valence-corrected chi connectivity index (χ0v) is 16.5. The van der Waals surface area contributed by atoms with Crippen LogP contribution in [-0.4, -0.2) is 5.78 Å². The summed E-state index contributed by atoms with van der Waals surface area (Å²) in [6.07, 6.45) is 14.0. The lowest BCUT2D eigenvalue weighted by atomic mass is 10.0. The van der Waals surface area contributed by atoms with Crippen molar-refractivity contribution in [1.82, 2.24) is 0 Å². The molecule has 0 atom stereocenters. The topological polar surface area (TPSA) is 17.1 Å². The molecule has 1 aromatic carbocycles. The van der Waals surface area contributed by atoms with Crippen molar-refractivity contribution in [2.75, 3.05) is 0 Å². The summed E-state index contributed by atoms with van der Waals surface area (Å²) in [5, 5.41) is 0. The standard InChI is InChI=1S/C24H34O/c1-20(11-8-12-21(2)14-10-16-23(4)25)13-9-15-22(3)19-24-17-6-5-7-18-24/h5-7,11,14-15,17-18H,8-10,12-13,16,19H2,1-4H3/b20-11+,21-14+,22-15+. The van der Waals surface area contributed by atoms with Gasteiger partial charge in [0.15, 0.2) is 0 Å². The fourth-order valence-electron chi connectivity index (χ4n) is 2.81. The third-order valence-electron chi connectivity index (χ3n) is 4.38. The average Bonchev–Trinajstić information content (AvgIpc) is 2.55. The van der Waals surface area contributed by atoms with Gasteiger partial charge in [-0.1, -0.05) is 65.3 Å². The van der Waals surface area contributed by atoms with Crippen molar-refractivity contribution in [1.29, 1.82) is 0 Å². The number of hydrogen-bond acceptors (Lipinski definition) is 1. The van der Waals surface area contributed by atoms with Crippen LogP contribution in [0.3, 0.4) is 0 Å². The molecule has 0 aliphatic heterocycles. The van der Waals surface area contributed by atoms with Gasteiger partial charge in [-0.25, -0.2) is 0 Å². The van der Waals surface area contributed by atoms with Crippen molar-refractivity contribution in [3.8, 4) is 0 Å². The molecule has 1 nitrogen and oxygen atoms in total. The number of carbonyl (C=O) groups is 1. The van der Waals surface area contributed by atoms with Crippen LogP contribution in [-0.2, 0) is 11.2 Å². The minimum atomic E-state index is 0.274. The molecule has 0 saturated heterocycles. The molecular weight excluding hydrogens is 304 g/mol. The van der Waals surface area contributed by atoms with Crippen molar-refractivity contribution < 1.29 is 4.79 Å². The molecule has 1 heteroatoms. The van der Waals surface area contributed by atoms with E-state index in [4.69, 9.17) is 0 Å². The molecule has 0 aliphatic carbocycles. The van der Waals surface area contributed by atoms with E-state index in [1.807, 2.05) is 0 Å². The second-order valence-corrected chi connectivity index (χ2v) is 7.13. The van der Waals surface area contributed by atoms with E-state index in [0.717, 1.165) is 38.5 Å². The molecule has 0 fully saturated rings. The molecule has 1 rings (SSSR count). The molecule has 1 aromatic rings. The molecule has 0 aromatic heterocycles. The predicted octanol–water partition coefficient (Wildman–Crippen LogP) is 7.00. The molecule has 0 radical (unpaired) electrons. The quantitative estimate of drug-likeness (QED) is 0.397. The van der Waals surface area contributed by atoms with E-state index < -0.39 is 0 Å². The highest BCUT2D eigenvalue weighted by Crippen LogP contribution is 2.13. The van der Waals surface area contributed by atoms with Crippen LogP contribution >= 0.6 is 0 Å². The van der Waals surface area contributed by atoms with E-state index >= 15 is 0 Å². The van der Waals surface area contributed by atoms with Crippen molar-refractivity contribution in [3.63, 3.8) is 0 Å². The molecule has 0 amide bonds. The SMILES string of the molecule is CC(=O)CC/C=C(\C)CC/C=C(\C)CC/C=C(\C)Cc1ccccc1. The number of Topliss-reactive ketones (excluding diaryl/α,β-unsaturated/α-hetero) is 1. The summed E-state index contributed by atoms with van der Waals surface area (Å²) >= 11 is 0. The predicted molar refractivity (Wildman–Crippen MR) is 110 cm³/mol. The fraction of sp³-hybridized carbons (Fsp3) is 0.458. The summed E-state index contributed by atoms with van der Waals surface area (Å²) in [5.74, 6) is 0.274. The van der Waals surface area contributed by atoms with Crippen LogP contribution in [0.25, 0.3) is 0 Å². The Morgan fingerprint density at radius 3 is 1.72 bits per heavy atom. The Kier molecular flexibility index (Phi) is 10.6. The maximum absolute atomic E-state index is 10.9. The Morgan fingerprint density at radius 2 is 1.20 bits per heavy atom. The smallest absolute Gasteiger partial charge is 0.130 e. The van der Waals surface area contributed by atoms with Crippen LogP contribution < -0.4 is 0 Å². The first-order valence-corrected chi connectivity index (χ1v) is 9.47. The van der Waals surface area contributed by atoms with Crippen LogP contribution in [0, 0.1) is 0 Å². The van der Waals surface area contributed by atoms with Gasteiger partial charge in [-0.05, 0) is 71.8 Å². The van der Waals surface area contributed by atoms with Gasteiger partial charge in [0, 0.05) is 6.42 Å². The number of hydrogen-bond donors (Lipinski definition) is 0. The van der Waals surface area contributed by atoms with Gasteiger partial charge in [0.25, 0.3) is 0 Å². The number of benzene rings is 1. The molecule has 0 N–H and O–H groups in total. The van der Waals surface area contributed by atoms with E-state index in [9.17, 15) is 4.79 Å². The minimum absolute atomic E-state index is 0.274. The summed E-state index contributed by atoms with van der Waals surface area (Å²) in [6, 6.07) is 10.7. The Labute approximate surface area is 154 Å². The third kappa shape index (κ3) is 11.3. The van der Waals surface area contributed by atoms with Crippen molar-refractivity contribution in [2.24, 2.45) is 0 Å². The molecule has 0 unspecified atom stereocenters. The Bertz CT molecular complexity index is 602. The first-order chi connectivity index (χ1) is 12.0. The minimum Gasteiger partial charge on any atom is -0.300 e. The van der Waals surface area contributed by atoms with E-state index in [2.05, 4.69) is 69.3 Å². The number of carbonyl (C=O) groups excluding carboxylic acids is 1. The lowest BCUT2D eigenvalue weighted by Crippen LogP contribution is -1.88. The average molecular weight is 339 g/mol. The normalized spacial score (nSPS) is 13.2. The molecule has 0 aliphatic rings. The summed E-state index contributed by atoms with van der Waals surface area (Å²) in [5.41, 5.74) is 5.70. The van der Waals surface area contributed by atoms with Crippen molar-refractivity contribution in [3.05, 3.63) is 70.8 Å². The van der Waals surface area contributed by atoms with Crippen LogP contribution in [0.1, 0.15) is 71.8 Å². The van der Waals surface area contributed by atoms with Gasteiger partial charge in [-0.15, -0.1) is 0 Å². The van der Waals surface area contributed by atoms with E-state index in [-0.39, 0.29) is 5.78 Å². The van der Waals surface area contributed by atoms with E-state index in [0.29, 0.717) is 6.42 Å². The van der Waals surface area contributed by atoms with Crippen LogP contribution in [0.5, 0.6) is 0 Å². The van der Waals surface area contributed by atoms with Gasteiger partial charge in [0.05, 0.1) is 0 Å². The second kappa shape index (κ2) is 12.5. The van der Waals surface area contributed by atoms with Gasteiger partial charge >= 0.3 is 0 Å². The molecule has 136 valence electrons. The van der Waals surface area contributed by atoms with E-state index in [1.54, 1.807) is 6.92 Å². The van der Waals surface area contributed by atoms with Gasteiger partial charge in [0.2, 0.25) is 0 Å². The third-order valence-corrected chi connectivity index (χ3v) is 4.38. The first kappa shape index (κ1) is 21.2. The highest BCUT2D eigenvalue weighted by Gasteiger charge is 1.96. The van der Waals surface area contributed by atoms with Crippen LogP contribution in [0.4, 0.5) is 0 Å². The highest BCUT2D eigenvalue weighted by molar-refractivity contribution is 5.75. The summed E-state index contributed by atoms with van der Waals surface area (Å²) in [6.45, 7) is 8.28. The zero-order chi connectivity index (χ0) is 18.5. The maximum Gasteiger partial charge on any atom is 0.130 e. The summed E-state index contributed by atoms with van der Waals surface area (Å²) in [7, 11) is 0. The molecular formula is C24H34O. The van der Waals surface area contributed by atoms with Gasteiger partial charge in [0.1, 0.15) is 5.78 Å². The molecule has 0 heterocycles. The Hall–Kier alpha value is -1.89. The maximum atomic E-state index is 10.9. The Balaban J connectivity index is 2.26. The largest absolute Gasteiger partial charge is 0.300 e. The fourth-order valence-corrected chi connectivity index (χ4v) is 2.81. The molecule has 0 spiro atoms. The second-order valence-electron chi connectivity index (χ2n) is 7.13. The number of allylic oxidation sites excluding steroid dienone is 6. The monoisotopic (exact) mass is 338 g/mol. The lowest BCUT2D eigenvalue weighted by Gasteiger charge is -2.03. The van der Waals surface area contributed by atoms with Gasteiger partial charge < -0.3 is 4.79 Å². The molecule has 25 heavy (non-hydrogen) atoms. The number of rotatable bonds is 11. The lowest BCUT2D eigenvalue weighted by molar-refractivity contribution is -0.116. The zero-order valence-electron chi connectivity index (χ0n) is 16.5. The van der Waals surface area contributed by atoms with Gasteiger partial charge in [-0.2, -0.15) is 0 Å². The van der Waals surface area contributed by atoms with E-state index in [1.165, 1.54) is 22.3 Å². The molecule has 0 saturated carbocycles. The Morgan fingerprint density at radius 1 is 0.720 bits per heavy atom. The highest BCUT2D eigenvalue weighted by atomic mass is 16.1. The summed E-state index contributed by atoms with van der Waals surface area (Å²) in [4.78, 5) is 10.9. The first-order valence-electron chi connectivity index (χ1n) is 9.47. The summed E-state index contributed by atoms with van der Waals surface area (Å²) < 4.78 is 0. The van der Waals surface area contributed by atoms with Crippen molar-refractivity contribution >= 4 is 5.78 Å². The molecule has 0 bridgehead atoms. The van der Waals surface area contributed by atoms with Crippen LogP contribution in [0.15, 0.2) is 65.3 Å². The van der Waals surface area contributed by atoms with Crippen LogP contribution in [0.2, 0.25) is 0 Å². The van der Waals surface area contributed by atoms with Gasteiger partial charge in [-0.3, -0.25) is 0 Å². The van der Waals surface area contributed by atoms with Crippen molar-refractivity contribution in [2.45, 2.75) is 72.6 Å². The number of ketones is 1.